The summed E-state index contributed by atoms with van der Waals surface area (Å²) in [5.74, 6) is 1.00. The van der Waals surface area contributed by atoms with Gasteiger partial charge >= 0.3 is 0 Å². The fourth-order valence-corrected chi connectivity index (χ4v) is 2.43. The van der Waals surface area contributed by atoms with Gasteiger partial charge in [0.2, 0.25) is 0 Å². The summed E-state index contributed by atoms with van der Waals surface area (Å²) in [7, 11) is 0. The number of nitrogen functional groups attached to an aromatic ring is 1. The third-order valence-corrected chi connectivity index (χ3v) is 3.55. The van der Waals surface area contributed by atoms with Crippen molar-refractivity contribution in [3.05, 3.63) is 59.7 Å². The molecule has 2 heteroatoms. The van der Waals surface area contributed by atoms with Crippen LogP contribution in [0.3, 0.4) is 0 Å². The van der Waals surface area contributed by atoms with Gasteiger partial charge in [0, 0.05) is 16.3 Å². The maximum Gasteiger partial charge on any atom is 0.0344 e. The highest BCUT2D eigenvalue weighted by Crippen LogP contribution is 2.25. The van der Waals surface area contributed by atoms with E-state index in [-0.39, 0.29) is 0 Å². The third kappa shape index (κ3) is 2.80. The molecular weight excluding hydrogens is 214 g/mol. The zero-order chi connectivity index (χ0) is 11.4. The lowest BCUT2D eigenvalue weighted by molar-refractivity contribution is 1.34. The second kappa shape index (κ2) is 5.08. The van der Waals surface area contributed by atoms with Crippen LogP contribution in [-0.4, -0.2) is 0 Å². The minimum absolute atomic E-state index is 0.865. The largest absolute Gasteiger partial charge is 0.399 e. The molecule has 0 atom stereocenters. The minimum atomic E-state index is 0.865. The summed E-state index contributed by atoms with van der Waals surface area (Å²) in [4.78, 5) is 1.27. The molecule has 0 amide bonds. The summed E-state index contributed by atoms with van der Waals surface area (Å²) < 4.78 is 0. The predicted octanol–water partition coefficient (Wildman–Crippen LogP) is 3.87. The lowest BCUT2D eigenvalue weighted by atomic mass is 10.2. The fourth-order valence-electron chi connectivity index (χ4n) is 1.48. The van der Waals surface area contributed by atoms with E-state index in [4.69, 9.17) is 5.73 Å². The van der Waals surface area contributed by atoms with Crippen LogP contribution in [0, 0.1) is 6.92 Å². The van der Waals surface area contributed by atoms with Crippen molar-refractivity contribution in [2.75, 3.05) is 5.73 Å². The Bertz CT molecular complexity index is 465. The Kier molecular flexibility index (Phi) is 3.52. The van der Waals surface area contributed by atoms with Gasteiger partial charge in [0.1, 0.15) is 0 Å². The molecule has 0 aliphatic rings. The Morgan fingerprint density at radius 1 is 1.06 bits per heavy atom. The lowest BCUT2D eigenvalue weighted by Crippen LogP contribution is -1.89. The van der Waals surface area contributed by atoms with Crippen LogP contribution in [-0.2, 0) is 5.75 Å². The fraction of sp³-hybridized carbons (Fsp3) is 0.143. The van der Waals surface area contributed by atoms with Gasteiger partial charge in [-0.2, -0.15) is 0 Å². The molecule has 0 heterocycles. The van der Waals surface area contributed by atoms with E-state index >= 15 is 0 Å². The second-order valence-corrected chi connectivity index (χ2v) is 4.84. The van der Waals surface area contributed by atoms with Crippen LogP contribution >= 0.6 is 11.8 Å². The molecule has 2 rings (SSSR count). The van der Waals surface area contributed by atoms with Gasteiger partial charge in [0.25, 0.3) is 0 Å². The zero-order valence-electron chi connectivity index (χ0n) is 9.31. The Labute approximate surface area is 101 Å². The summed E-state index contributed by atoms with van der Waals surface area (Å²) >= 11 is 1.84. The summed E-state index contributed by atoms with van der Waals surface area (Å²) in [5.41, 5.74) is 9.15. The Balaban J connectivity index is 2.03. The number of benzene rings is 2. The standard InChI is InChI=1S/C14H15NS/c1-11-9-13(7-8-14(11)15)16-10-12-5-3-2-4-6-12/h2-9H,10,15H2,1H3. The second-order valence-electron chi connectivity index (χ2n) is 3.79. The summed E-state index contributed by atoms with van der Waals surface area (Å²) in [5, 5.41) is 0. The van der Waals surface area contributed by atoms with Crippen LogP contribution in [0.15, 0.2) is 53.4 Å². The molecule has 0 saturated heterocycles. The maximum atomic E-state index is 5.79. The van der Waals surface area contributed by atoms with E-state index in [0.717, 1.165) is 17.0 Å². The first kappa shape index (κ1) is 11.1. The quantitative estimate of drug-likeness (QED) is 0.638. The Morgan fingerprint density at radius 2 is 1.81 bits per heavy atom. The topological polar surface area (TPSA) is 26.0 Å². The summed E-state index contributed by atoms with van der Waals surface area (Å²) in [6.07, 6.45) is 0. The molecule has 0 unspecified atom stereocenters. The highest BCUT2D eigenvalue weighted by Gasteiger charge is 1.98. The molecule has 0 radical (unpaired) electrons. The summed E-state index contributed by atoms with van der Waals surface area (Å²) in [6, 6.07) is 16.7. The van der Waals surface area contributed by atoms with Crippen LogP contribution in [0.5, 0.6) is 0 Å². The van der Waals surface area contributed by atoms with Crippen LogP contribution in [0.25, 0.3) is 0 Å². The molecule has 0 aromatic heterocycles. The Morgan fingerprint density at radius 3 is 2.50 bits per heavy atom. The van der Waals surface area contributed by atoms with Gasteiger partial charge in [-0.15, -0.1) is 11.8 Å². The van der Waals surface area contributed by atoms with Crippen LogP contribution in [0.4, 0.5) is 5.69 Å². The molecule has 0 spiro atoms. The number of hydrogen-bond donors (Lipinski definition) is 1. The predicted molar refractivity (Wildman–Crippen MR) is 71.6 cm³/mol. The van der Waals surface area contributed by atoms with Crippen LogP contribution in [0.1, 0.15) is 11.1 Å². The van der Waals surface area contributed by atoms with Crippen molar-refractivity contribution < 1.29 is 0 Å². The van der Waals surface area contributed by atoms with Crippen molar-refractivity contribution in [3.8, 4) is 0 Å². The van der Waals surface area contributed by atoms with Gasteiger partial charge in [-0.1, -0.05) is 30.3 Å². The van der Waals surface area contributed by atoms with E-state index in [2.05, 4.69) is 36.4 Å². The van der Waals surface area contributed by atoms with Crippen molar-refractivity contribution in [2.45, 2.75) is 17.6 Å². The van der Waals surface area contributed by atoms with Gasteiger partial charge in [-0.05, 0) is 36.2 Å². The molecule has 2 N–H and O–H groups in total. The van der Waals surface area contributed by atoms with Crippen molar-refractivity contribution in [1.82, 2.24) is 0 Å². The molecule has 0 saturated carbocycles. The highest BCUT2D eigenvalue weighted by atomic mass is 32.2. The number of aryl methyl sites for hydroxylation is 1. The lowest BCUT2D eigenvalue weighted by Gasteiger charge is -2.05. The van der Waals surface area contributed by atoms with Crippen molar-refractivity contribution in [3.63, 3.8) is 0 Å². The first-order valence-corrected chi connectivity index (χ1v) is 6.27. The monoisotopic (exact) mass is 229 g/mol. The van der Waals surface area contributed by atoms with Crippen molar-refractivity contribution in [2.24, 2.45) is 0 Å². The van der Waals surface area contributed by atoms with Gasteiger partial charge in [-0.25, -0.2) is 0 Å². The minimum Gasteiger partial charge on any atom is -0.399 e. The van der Waals surface area contributed by atoms with E-state index in [1.54, 1.807) is 0 Å². The van der Waals surface area contributed by atoms with Gasteiger partial charge < -0.3 is 5.73 Å². The van der Waals surface area contributed by atoms with Gasteiger partial charge in [0.15, 0.2) is 0 Å². The number of anilines is 1. The molecule has 82 valence electrons. The maximum absolute atomic E-state index is 5.79. The van der Waals surface area contributed by atoms with E-state index in [1.807, 2.05) is 30.8 Å². The first-order valence-electron chi connectivity index (χ1n) is 5.28. The summed E-state index contributed by atoms with van der Waals surface area (Å²) in [6.45, 7) is 2.04. The average molecular weight is 229 g/mol. The Hall–Kier alpha value is -1.41. The molecule has 0 aliphatic heterocycles. The molecule has 0 bridgehead atoms. The first-order chi connectivity index (χ1) is 7.75. The molecule has 1 nitrogen and oxygen atoms in total. The van der Waals surface area contributed by atoms with Gasteiger partial charge in [0.05, 0.1) is 0 Å². The van der Waals surface area contributed by atoms with Crippen LogP contribution in [0.2, 0.25) is 0 Å². The molecule has 2 aromatic carbocycles. The molecule has 0 aliphatic carbocycles. The molecule has 2 aromatic rings. The number of nitrogens with two attached hydrogens (primary N) is 1. The highest BCUT2D eigenvalue weighted by molar-refractivity contribution is 7.98. The smallest absolute Gasteiger partial charge is 0.0344 e. The SMILES string of the molecule is Cc1cc(SCc2ccccc2)ccc1N. The number of rotatable bonds is 3. The number of hydrogen-bond acceptors (Lipinski definition) is 2. The normalized spacial score (nSPS) is 10.3. The molecular formula is C14H15NS. The van der Waals surface area contributed by atoms with Crippen molar-refractivity contribution >= 4 is 17.4 Å². The van der Waals surface area contributed by atoms with Crippen LogP contribution < -0.4 is 5.73 Å². The van der Waals surface area contributed by atoms with E-state index < -0.39 is 0 Å². The molecule has 0 fully saturated rings. The average Bonchev–Trinajstić information content (AvgIpc) is 2.32. The third-order valence-electron chi connectivity index (χ3n) is 2.49. The van der Waals surface area contributed by atoms with Crippen molar-refractivity contribution in [1.29, 1.82) is 0 Å². The zero-order valence-corrected chi connectivity index (χ0v) is 10.1. The van der Waals surface area contributed by atoms with E-state index in [9.17, 15) is 0 Å². The molecule has 16 heavy (non-hydrogen) atoms. The van der Waals surface area contributed by atoms with Gasteiger partial charge in [-0.3, -0.25) is 0 Å². The van der Waals surface area contributed by atoms with E-state index in [1.165, 1.54) is 10.5 Å². The van der Waals surface area contributed by atoms with E-state index in [0.29, 0.717) is 0 Å². The number of thioether (sulfide) groups is 1.